The van der Waals surface area contributed by atoms with Gasteiger partial charge >= 0.3 is 0 Å². The van der Waals surface area contributed by atoms with E-state index in [2.05, 4.69) is 25.6 Å². The summed E-state index contributed by atoms with van der Waals surface area (Å²) in [4.78, 5) is 16.9. The minimum Gasteiger partial charge on any atom is -0.351 e. The molecule has 0 bridgehead atoms. The maximum Gasteiger partial charge on any atom is 0.224 e. The highest BCUT2D eigenvalue weighted by atomic mass is 16.1. The van der Waals surface area contributed by atoms with Gasteiger partial charge in [0.25, 0.3) is 0 Å². The molecule has 2 aromatic heterocycles. The standard InChI is InChI=1S/C20H22N4O/c1-15-13-24-14-17(6-9-19(24)21-15)22-20(25)12-16-4-7-18(8-5-16)23-10-2-3-11-23/h2-5,7-8,10-11,13,17H,6,9,12,14H2,1H3,(H,22,25). The van der Waals surface area contributed by atoms with E-state index in [4.69, 9.17) is 0 Å². The van der Waals surface area contributed by atoms with Gasteiger partial charge in [-0.2, -0.15) is 0 Å². The van der Waals surface area contributed by atoms with Gasteiger partial charge in [-0.3, -0.25) is 4.79 Å². The van der Waals surface area contributed by atoms with Gasteiger partial charge in [-0.1, -0.05) is 12.1 Å². The number of fused-ring (bicyclic) bond motifs is 1. The lowest BCUT2D eigenvalue weighted by atomic mass is 10.1. The fourth-order valence-electron chi connectivity index (χ4n) is 3.46. The second kappa shape index (κ2) is 6.59. The summed E-state index contributed by atoms with van der Waals surface area (Å²) >= 11 is 0. The summed E-state index contributed by atoms with van der Waals surface area (Å²) in [5.41, 5.74) is 3.18. The molecule has 0 aliphatic carbocycles. The number of carbonyl (C=O) groups excluding carboxylic acids is 1. The molecule has 0 radical (unpaired) electrons. The second-order valence-corrected chi connectivity index (χ2v) is 6.69. The number of nitrogens with one attached hydrogen (secondary N) is 1. The summed E-state index contributed by atoms with van der Waals surface area (Å²) in [6.07, 6.45) is 8.37. The van der Waals surface area contributed by atoms with Gasteiger partial charge in [-0.15, -0.1) is 0 Å². The number of nitrogens with zero attached hydrogens (tertiary/aromatic N) is 3. The fourth-order valence-corrected chi connectivity index (χ4v) is 3.46. The Morgan fingerprint density at radius 2 is 2.00 bits per heavy atom. The Hall–Kier alpha value is -2.82. The van der Waals surface area contributed by atoms with Gasteiger partial charge in [-0.05, 0) is 43.2 Å². The van der Waals surface area contributed by atoms with Crippen LogP contribution in [0.15, 0.2) is 55.0 Å². The first kappa shape index (κ1) is 15.7. The number of hydrogen-bond donors (Lipinski definition) is 1. The van der Waals surface area contributed by atoms with E-state index >= 15 is 0 Å². The Labute approximate surface area is 147 Å². The number of aromatic nitrogens is 3. The summed E-state index contributed by atoms with van der Waals surface area (Å²) in [6.45, 7) is 2.82. The maximum atomic E-state index is 12.4. The van der Waals surface area contributed by atoms with Gasteiger partial charge in [0.2, 0.25) is 5.91 Å². The van der Waals surface area contributed by atoms with Gasteiger partial charge in [-0.25, -0.2) is 4.98 Å². The largest absolute Gasteiger partial charge is 0.351 e. The zero-order valence-electron chi connectivity index (χ0n) is 14.4. The van der Waals surface area contributed by atoms with Gasteiger partial charge in [0.1, 0.15) is 5.82 Å². The molecule has 1 amide bonds. The Kier molecular flexibility index (Phi) is 4.14. The lowest BCUT2D eigenvalue weighted by Gasteiger charge is -2.24. The molecular weight excluding hydrogens is 312 g/mol. The van der Waals surface area contributed by atoms with E-state index in [0.717, 1.165) is 42.2 Å². The third-order valence-corrected chi connectivity index (χ3v) is 4.68. The first-order valence-corrected chi connectivity index (χ1v) is 8.72. The molecular formula is C20H22N4O. The molecule has 1 aliphatic heterocycles. The molecule has 1 unspecified atom stereocenters. The van der Waals surface area contributed by atoms with Crippen LogP contribution in [0, 0.1) is 6.92 Å². The molecule has 25 heavy (non-hydrogen) atoms. The smallest absolute Gasteiger partial charge is 0.224 e. The molecule has 0 saturated carbocycles. The molecule has 1 aliphatic rings. The van der Waals surface area contributed by atoms with Crippen molar-refractivity contribution in [2.45, 2.75) is 38.8 Å². The number of rotatable bonds is 4. The number of imidazole rings is 1. The van der Waals surface area contributed by atoms with Crippen LogP contribution < -0.4 is 5.32 Å². The predicted octanol–water partition coefficient (Wildman–Crippen LogP) is 2.66. The lowest BCUT2D eigenvalue weighted by molar-refractivity contribution is -0.121. The fraction of sp³-hybridized carbons (Fsp3) is 0.300. The van der Waals surface area contributed by atoms with E-state index in [1.165, 1.54) is 0 Å². The molecule has 4 rings (SSSR count). The van der Waals surface area contributed by atoms with Gasteiger partial charge in [0.15, 0.2) is 0 Å². The van der Waals surface area contributed by atoms with Crippen LogP contribution in [0.25, 0.3) is 5.69 Å². The van der Waals surface area contributed by atoms with Crippen LogP contribution in [-0.4, -0.2) is 26.1 Å². The lowest BCUT2D eigenvalue weighted by Crippen LogP contribution is -2.41. The third-order valence-electron chi connectivity index (χ3n) is 4.68. The number of aryl methyl sites for hydroxylation is 2. The molecule has 128 valence electrons. The maximum absolute atomic E-state index is 12.4. The van der Waals surface area contributed by atoms with E-state index in [-0.39, 0.29) is 11.9 Å². The highest BCUT2D eigenvalue weighted by molar-refractivity contribution is 5.78. The van der Waals surface area contributed by atoms with Gasteiger partial charge in [0, 0.05) is 43.3 Å². The molecule has 3 aromatic rings. The highest BCUT2D eigenvalue weighted by Gasteiger charge is 2.21. The van der Waals surface area contributed by atoms with Crippen LogP contribution in [0.2, 0.25) is 0 Å². The average molecular weight is 334 g/mol. The van der Waals surface area contributed by atoms with Crippen molar-refractivity contribution in [1.29, 1.82) is 0 Å². The summed E-state index contributed by atoms with van der Waals surface area (Å²) in [5, 5.41) is 3.17. The molecule has 0 spiro atoms. The Morgan fingerprint density at radius 1 is 1.24 bits per heavy atom. The average Bonchev–Trinajstić information content (AvgIpc) is 3.23. The monoisotopic (exact) mass is 334 g/mol. The molecule has 1 atom stereocenters. The van der Waals surface area contributed by atoms with Crippen molar-refractivity contribution >= 4 is 5.91 Å². The Morgan fingerprint density at radius 3 is 2.76 bits per heavy atom. The summed E-state index contributed by atoms with van der Waals surface area (Å²) in [5.74, 6) is 1.21. The molecule has 5 heteroatoms. The van der Waals surface area contributed by atoms with E-state index < -0.39 is 0 Å². The van der Waals surface area contributed by atoms with Crippen LogP contribution in [0.3, 0.4) is 0 Å². The molecule has 1 aromatic carbocycles. The van der Waals surface area contributed by atoms with Crippen molar-refractivity contribution in [3.05, 3.63) is 72.1 Å². The second-order valence-electron chi connectivity index (χ2n) is 6.69. The van der Waals surface area contributed by atoms with E-state index in [0.29, 0.717) is 6.42 Å². The van der Waals surface area contributed by atoms with E-state index in [1.807, 2.05) is 55.7 Å². The van der Waals surface area contributed by atoms with E-state index in [1.54, 1.807) is 0 Å². The Bertz CT molecular complexity index is 862. The molecule has 0 saturated heterocycles. The van der Waals surface area contributed by atoms with Crippen molar-refractivity contribution in [3.8, 4) is 5.69 Å². The minimum absolute atomic E-state index is 0.0824. The summed E-state index contributed by atoms with van der Waals surface area (Å²) in [6, 6.07) is 12.3. The topological polar surface area (TPSA) is 51.9 Å². The molecule has 3 heterocycles. The zero-order valence-corrected chi connectivity index (χ0v) is 14.4. The SMILES string of the molecule is Cc1cn2c(n1)CCC(NC(=O)Cc1ccc(-n3cccc3)cc1)C2. The quantitative estimate of drug-likeness (QED) is 0.797. The summed E-state index contributed by atoms with van der Waals surface area (Å²) in [7, 11) is 0. The first-order chi connectivity index (χ1) is 12.2. The Balaban J connectivity index is 1.35. The van der Waals surface area contributed by atoms with Crippen molar-refractivity contribution in [2.75, 3.05) is 0 Å². The van der Waals surface area contributed by atoms with Crippen molar-refractivity contribution < 1.29 is 4.79 Å². The predicted molar refractivity (Wildman–Crippen MR) is 96.7 cm³/mol. The minimum atomic E-state index is 0.0824. The number of hydrogen-bond acceptors (Lipinski definition) is 2. The van der Waals surface area contributed by atoms with Crippen LogP contribution in [0.4, 0.5) is 0 Å². The van der Waals surface area contributed by atoms with Crippen molar-refractivity contribution in [3.63, 3.8) is 0 Å². The third kappa shape index (κ3) is 3.50. The van der Waals surface area contributed by atoms with Gasteiger partial charge in [0.05, 0.1) is 12.1 Å². The molecule has 5 nitrogen and oxygen atoms in total. The van der Waals surface area contributed by atoms with E-state index in [9.17, 15) is 4.79 Å². The van der Waals surface area contributed by atoms with Crippen LogP contribution in [0.5, 0.6) is 0 Å². The van der Waals surface area contributed by atoms with Crippen molar-refractivity contribution in [1.82, 2.24) is 19.4 Å². The van der Waals surface area contributed by atoms with Crippen LogP contribution in [-0.2, 0) is 24.2 Å². The van der Waals surface area contributed by atoms with Crippen molar-refractivity contribution in [2.24, 2.45) is 0 Å². The molecule has 1 N–H and O–H groups in total. The zero-order chi connectivity index (χ0) is 17.2. The van der Waals surface area contributed by atoms with Crippen LogP contribution in [0.1, 0.15) is 23.5 Å². The number of benzene rings is 1. The normalized spacial score (nSPS) is 16.4. The first-order valence-electron chi connectivity index (χ1n) is 8.72. The summed E-state index contributed by atoms with van der Waals surface area (Å²) < 4.78 is 4.21. The molecule has 0 fully saturated rings. The number of carbonyl (C=O) groups is 1. The van der Waals surface area contributed by atoms with Gasteiger partial charge < -0.3 is 14.5 Å². The van der Waals surface area contributed by atoms with Crippen LogP contribution >= 0.6 is 0 Å². The highest BCUT2D eigenvalue weighted by Crippen LogP contribution is 2.15. The number of amides is 1.